The van der Waals surface area contributed by atoms with Crippen molar-refractivity contribution in [1.29, 1.82) is 0 Å². The highest BCUT2D eigenvalue weighted by molar-refractivity contribution is 6.45. The molecular weight excluding hydrogens is 450 g/mol. The summed E-state index contributed by atoms with van der Waals surface area (Å²) < 4.78 is 7.22. The van der Waals surface area contributed by atoms with Crippen LogP contribution in [-0.4, -0.2) is 52.5 Å². The van der Waals surface area contributed by atoms with Gasteiger partial charge in [-0.3, -0.25) is 14.4 Å². The summed E-state index contributed by atoms with van der Waals surface area (Å²) in [5, 5.41) is 0.385. The molecule has 0 aliphatic heterocycles. The molecule has 0 bridgehead atoms. The van der Waals surface area contributed by atoms with Crippen molar-refractivity contribution in [3.63, 3.8) is 0 Å². The Kier molecular flexibility index (Phi) is 7.71. The monoisotopic (exact) mass is 480 g/mol. The predicted molar refractivity (Wildman–Crippen MR) is 129 cm³/mol. The molecule has 9 heteroatoms. The number of aromatic nitrogens is 1. The lowest BCUT2D eigenvalue weighted by Crippen LogP contribution is -2.53. The second-order valence-electron chi connectivity index (χ2n) is 8.17. The molecule has 0 atom stereocenters. The van der Waals surface area contributed by atoms with Crippen molar-refractivity contribution in [3.8, 4) is 5.75 Å². The number of hydrogen-bond donors (Lipinski definition) is 1. The van der Waals surface area contributed by atoms with E-state index in [9.17, 15) is 19.2 Å². The largest absolute Gasteiger partial charge is 0.481 e. The first-order valence-electron chi connectivity index (χ1n) is 11.4. The van der Waals surface area contributed by atoms with Crippen LogP contribution < -0.4 is 10.5 Å². The summed E-state index contributed by atoms with van der Waals surface area (Å²) >= 11 is 0. The van der Waals surface area contributed by atoms with E-state index in [0.717, 1.165) is 5.56 Å². The second-order valence-corrected chi connectivity index (χ2v) is 8.17. The van der Waals surface area contributed by atoms with E-state index in [0.29, 0.717) is 23.1 Å². The molecule has 1 aromatic heterocycles. The van der Waals surface area contributed by atoms with Gasteiger partial charge in [-0.15, -0.1) is 0 Å². The van der Waals surface area contributed by atoms with Crippen molar-refractivity contribution in [2.45, 2.75) is 34.2 Å². The summed E-state index contributed by atoms with van der Waals surface area (Å²) in [7, 11) is 0. The molecule has 0 aliphatic rings. The number of Topliss-reactive ketones (excluding diaryl/α,β-unsaturated/α-hetero) is 1. The normalized spacial score (nSPS) is 11.3. The molecule has 2 amide bonds. The van der Waals surface area contributed by atoms with Crippen LogP contribution >= 0.6 is 0 Å². The van der Waals surface area contributed by atoms with Gasteiger partial charge in [0.15, 0.2) is 6.61 Å². The van der Waals surface area contributed by atoms with Gasteiger partial charge in [-0.1, -0.05) is 41.0 Å². The number of primary amides is 1. The molecule has 0 spiro atoms. The number of rotatable bonds is 9. The molecule has 0 aliphatic carbocycles. The minimum atomic E-state index is -1.09. The number of benzene rings is 2. The van der Waals surface area contributed by atoms with E-state index >= 15 is 0 Å². The van der Waals surface area contributed by atoms with Crippen molar-refractivity contribution < 1.29 is 33.4 Å². The van der Waals surface area contributed by atoms with Crippen LogP contribution in [0.5, 0.6) is 5.75 Å². The van der Waals surface area contributed by atoms with Gasteiger partial charge in [0.1, 0.15) is 18.8 Å². The highest BCUT2D eigenvalue weighted by Gasteiger charge is 2.36. The maximum Gasteiger partial charge on any atom is 0.404 e. The Morgan fingerprint density at radius 2 is 1.63 bits per heavy atom. The lowest BCUT2D eigenvalue weighted by atomic mass is 10.1. The van der Waals surface area contributed by atoms with Crippen molar-refractivity contribution in [2.24, 2.45) is 5.73 Å². The maximum atomic E-state index is 12.8. The van der Waals surface area contributed by atoms with Gasteiger partial charge in [0, 0.05) is 12.2 Å². The average molecular weight is 481 g/mol. The molecule has 0 radical (unpaired) electrons. The molecule has 3 aromatic rings. The number of hydrogen-bond acceptors (Lipinski definition) is 6. The van der Waals surface area contributed by atoms with Crippen LogP contribution in [0.3, 0.4) is 0 Å². The smallest absolute Gasteiger partial charge is 0.404 e. The molecule has 0 saturated carbocycles. The number of amides is 2. The van der Waals surface area contributed by atoms with E-state index in [4.69, 9.17) is 15.3 Å². The summed E-state index contributed by atoms with van der Waals surface area (Å²) in [6.45, 7) is 7.13. The van der Waals surface area contributed by atoms with Gasteiger partial charge < -0.3 is 15.0 Å². The van der Waals surface area contributed by atoms with E-state index < -0.39 is 28.9 Å². The molecule has 2 N–H and O–H groups in total. The van der Waals surface area contributed by atoms with Gasteiger partial charge in [0.25, 0.3) is 11.7 Å². The highest BCUT2D eigenvalue weighted by Crippen LogP contribution is 2.34. The van der Waals surface area contributed by atoms with Crippen LogP contribution in [0.2, 0.25) is 0 Å². The Labute approximate surface area is 203 Å². The number of carbonyl (C=O) groups is 4. The van der Waals surface area contributed by atoms with Gasteiger partial charge in [-0.2, -0.15) is 0 Å². The standard InChI is InChI=1S/C26H29N3O6/c1-5-29(6-2,18(4)30)35-22(31)16-34-21-14-10-13-20-24(21)23(25(32)26(27)33)17(3)28(20)15-19-11-8-7-9-12-19/h7-14H,5-6,15-16H2,1-4H3,(H-,27,33)/p+1. The fourth-order valence-corrected chi connectivity index (χ4v) is 4.20. The fourth-order valence-electron chi connectivity index (χ4n) is 4.20. The Morgan fingerprint density at radius 3 is 2.20 bits per heavy atom. The summed E-state index contributed by atoms with van der Waals surface area (Å²) in [4.78, 5) is 54.7. The highest BCUT2D eigenvalue weighted by atomic mass is 16.8. The second kappa shape index (κ2) is 10.5. The van der Waals surface area contributed by atoms with Gasteiger partial charge >= 0.3 is 11.9 Å². The number of quaternary nitrogens is 1. The van der Waals surface area contributed by atoms with E-state index in [1.54, 1.807) is 39.0 Å². The van der Waals surface area contributed by atoms with E-state index in [1.807, 2.05) is 34.9 Å². The molecule has 0 fully saturated rings. The number of ketones is 1. The third-order valence-corrected chi connectivity index (χ3v) is 6.16. The van der Waals surface area contributed by atoms with Crippen molar-refractivity contribution in [2.75, 3.05) is 19.7 Å². The van der Waals surface area contributed by atoms with Crippen molar-refractivity contribution in [1.82, 2.24) is 4.57 Å². The van der Waals surface area contributed by atoms with E-state index in [-0.39, 0.29) is 30.3 Å². The van der Waals surface area contributed by atoms with Crippen LogP contribution in [0.15, 0.2) is 48.5 Å². The zero-order valence-corrected chi connectivity index (χ0v) is 20.4. The number of fused-ring (bicyclic) bond motifs is 1. The van der Waals surface area contributed by atoms with Gasteiger partial charge in [-0.05, 0) is 38.5 Å². The SMILES string of the molecule is CC[N+](CC)(OC(=O)COc1cccc2c1c(C(=O)C(N)=O)c(C)n2Cc1ccccc1)C(C)=O. The lowest BCUT2D eigenvalue weighted by molar-refractivity contribution is -1.02. The first-order valence-corrected chi connectivity index (χ1v) is 11.4. The van der Waals surface area contributed by atoms with Gasteiger partial charge in [0.2, 0.25) is 0 Å². The molecule has 1 heterocycles. The topological polar surface area (TPSA) is 118 Å². The number of carbonyl (C=O) groups excluding carboxylic acids is 4. The first kappa shape index (κ1) is 25.6. The van der Waals surface area contributed by atoms with Crippen molar-refractivity contribution >= 4 is 34.5 Å². The Bertz CT molecular complexity index is 1280. The van der Waals surface area contributed by atoms with Crippen LogP contribution in [0, 0.1) is 6.92 Å². The van der Waals surface area contributed by atoms with Crippen LogP contribution in [0.25, 0.3) is 10.9 Å². The van der Waals surface area contributed by atoms with Crippen LogP contribution in [-0.2, 0) is 25.8 Å². The van der Waals surface area contributed by atoms with Crippen LogP contribution in [0.4, 0.5) is 0 Å². The maximum absolute atomic E-state index is 12.8. The summed E-state index contributed by atoms with van der Waals surface area (Å²) in [6, 6.07) is 14.8. The number of nitrogens with two attached hydrogens (primary N) is 1. The third-order valence-electron chi connectivity index (χ3n) is 6.16. The minimum Gasteiger partial charge on any atom is -0.481 e. The molecule has 9 nitrogen and oxygen atoms in total. The molecule has 3 rings (SSSR count). The molecule has 2 aromatic carbocycles. The van der Waals surface area contributed by atoms with Crippen molar-refractivity contribution in [3.05, 3.63) is 65.4 Å². The molecule has 0 unspecified atom stereocenters. The zero-order valence-electron chi connectivity index (χ0n) is 20.4. The first-order chi connectivity index (χ1) is 16.6. The molecule has 0 saturated heterocycles. The summed E-state index contributed by atoms with van der Waals surface area (Å²) in [5.74, 6) is -2.73. The third kappa shape index (κ3) is 5.09. The zero-order chi connectivity index (χ0) is 25.8. The Hall–Kier alpha value is -3.98. The van der Waals surface area contributed by atoms with E-state index in [1.165, 1.54) is 6.92 Å². The van der Waals surface area contributed by atoms with Gasteiger partial charge in [0.05, 0.1) is 23.4 Å². The average Bonchev–Trinajstić information content (AvgIpc) is 3.12. The number of hydroxylamine groups is 3. The molecule has 35 heavy (non-hydrogen) atoms. The predicted octanol–water partition coefficient (Wildman–Crippen LogP) is 2.91. The fraction of sp³-hybridized carbons (Fsp3) is 0.308. The van der Waals surface area contributed by atoms with Gasteiger partial charge in [-0.25, -0.2) is 9.59 Å². The molecule has 184 valence electrons. The quantitative estimate of drug-likeness (QED) is 0.218. The Morgan fingerprint density at radius 1 is 0.971 bits per heavy atom. The summed E-state index contributed by atoms with van der Waals surface area (Å²) in [5.41, 5.74) is 7.67. The minimum absolute atomic E-state index is 0.128. The van der Waals surface area contributed by atoms with Crippen LogP contribution in [0.1, 0.15) is 42.4 Å². The number of nitrogens with zero attached hydrogens (tertiary/aromatic N) is 2. The summed E-state index contributed by atoms with van der Waals surface area (Å²) in [6.07, 6.45) is 0. The Balaban J connectivity index is 2.01. The lowest BCUT2D eigenvalue weighted by Gasteiger charge is -2.28. The molecular formula is C26H30N3O6+. The van der Waals surface area contributed by atoms with E-state index in [2.05, 4.69) is 0 Å². The number of ether oxygens (including phenoxy) is 1.